The second-order valence-corrected chi connectivity index (χ2v) is 6.76. The molecule has 1 aliphatic rings. The van der Waals surface area contributed by atoms with Crippen molar-refractivity contribution >= 4 is 21.6 Å². The Labute approximate surface area is 128 Å². The Kier molecular flexibility index (Phi) is 3.47. The fourth-order valence-corrected chi connectivity index (χ4v) is 2.97. The average Bonchev–Trinajstić information content (AvgIpc) is 2.69. The summed E-state index contributed by atoms with van der Waals surface area (Å²) in [5.41, 5.74) is 3.64. The average molecular weight is 332 g/mol. The molecular weight excluding hydrogens is 314 g/mol. The minimum Gasteiger partial charge on any atom is -0.487 e. The van der Waals surface area contributed by atoms with Crippen molar-refractivity contribution in [3.63, 3.8) is 0 Å². The number of fused-ring (bicyclic) bond motifs is 1. The maximum absolute atomic E-state index is 5.90. The van der Waals surface area contributed by atoms with Crippen LogP contribution in [0, 0.1) is 0 Å². The van der Waals surface area contributed by atoms with Crippen LogP contribution in [0.1, 0.15) is 25.0 Å². The van der Waals surface area contributed by atoms with E-state index in [4.69, 9.17) is 4.74 Å². The first kappa shape index (κ1) is 13.5. The molecule has 1 heterocycles. The maximum atomic E-state index is 5.90. The molecule has 2 aromatic carbocycles. The molecule has 0 spiro atoms. The van der Waals surface area contributed by atoms with Gasteiger partial charge in [0.1, 0.15) is 11.4 Å². The molecule has 0 radical (unpaired) electrons. The lowest BCUT2D eigenvalue weighted by Gasteiger charge is -2.16. The van der Waals surface area contributed by atoms with Gasteiger partial charge in [-0.25, -0.2) is 0 Å². The van der Waals surface area contributed by atoms with Crippen LogP contribution in [-0.2, 0) is 13.0 Å². The summed E-state index contributed by atoms with van der Waals surface area (Å²) in [6, 6.07) is 14.7. The van der Waals surface area contributed by atoms with Gasteiger partial charge in [0.25, 0.3) is 0 Å². The minimum atomic E-state index is -0.0708. The quantitative estimate of drug-likeness (QED) is 0.874. The number of anilines is 1. The molecule has 0 saturated carbocycles. The number of hydrogen-bond acceptors (Lipinski definition) is 2. The topological polar surface area (TPSA) is 21.3 Å². The second-order valence-electron chi connectivity index (χ2n) is 5.84. The van der Waals surface area contributed by atoms with E-state index in [1.807, 2.05) is 12.1 Å². The molecule has 3 heteroatoms. The van der Waals surface area contributed by atoms with E-state index in [-0.39, 0.29) is 5.60 Å². The molecule has 0 unspecified atom stereocenters. The highest BCUT2D eigenvalue weighted by Gasteiger charge is 2.29. The molecule has 104 valence electrons. The highest BCUT2D eigenvalue weighted by molar-refractivity contribution is 9.10. The molecule has 20 heavy (non-hydrogen) atoms. The van der Waals surface area contributed by atoms with Gasteiger partial charge in [0.2, 0.25) is 0 Å². The normalized spacial score (nSPS) is 15.6. The minimum absolute atomic E-state index is 0.0708. The van der Waals surface area contributed by atoms with Gasteiger partial charge < -0.3 is 10.1 Å². The van der Waals surface area contributed by atoms with Crippen LogP contribution in [0.15, 0.2) is 46.9 Å². The Hall–Kier alpha value is -1.48. The molecular formula is C17H18BrNO. The van der Waals surface area contributed by atoms with Crippen LogP contribution in [0.3, 0.4) is 0 Å². The SMILES string of the molecule is CC1(C)Cc2cc(CNc3cccc(Br)c3)ccc2O1. The first-order valence-electron chi connectivity index (χ1n) is 6.82. The van der Waals surface area contributed by atoms with Crippen LogP contribution in [0.25, 0.3) is 0 Å². The molecule has 0 aromatic heterocycles. The van der Waals surface area contributed by atoms with Crippen molar-refractivity contribution in [1.29, 1.82) is 0 Å². The molecule has 0 aliphatic carbocycles. The van der Waals surface area contributed by atoms with Gasteiger partial charge in [0.05, 0.1) is 0 Å². The van der Waals surface area contributed by atoms with E-state index in [1.54, 1.807) is 0 Å². The predicted octanol–water partition coefficient (Wildman–Crippen LogP) is 4.77. The molecule has 0 amide bonds. The first-order chi connectivity index (χ1) is 9.52. The summed E-state index contributed by atoms with van der Waals surface area (Å²) < 4.78 is 6.99. The number of halogens is 1. The Morgan fingerprint density at radius 1 is 1.20 bits per heavy atom. The van der Waals surface area contributed by atoms with E-state index < -0.39 is 0 Å². The number of benzene rings is 2. The number of hydrogen-bond donors (Lipinski definition) is 1. The van der Waals surface area contributed by atoms with Gasteiger partial charge in [0, 0.05) is 23.1 Å². The lowest BCUT2D eigenvalue weighted by atomic mass is 10.0. The lowest BCUT2D eigenvalue weighted by molar-refractivity contribution is 0.138. The Bertz CT molecular complexity index is 637. The number of rotatable bonds is 3. The summed E-state index contributed by atoms with van der Waals surface area (Å²) in [5, 5.41) is 3.44. The largest absolute Gasteiger partial charge is 0.487 e. The van der Waals surface area contributed by atoms with Crippen molar-refractivity contribution in [2.45, 2.75) is 32.4 Å². The smallest absolute Gasteiger partial charge is 0.123 e. The van der Waals surface area contributed by atoms with Gasteiger partial charge >= 0.3 is 0 Å². The molecule has 0 saturated heterocycles. The van der Waals surface area contributed by atoms with Gasteiger partial charge in [-0.2, -0.15) is 0 Å². The molecule has 0 bridgehead atoms. The molecule has 3 rings (SSSR count). The zero-order chi connectivity index (χ0) is 14.2. The second kappa shape index (κ2) is 5.13. The standard InChI is InChI=1S/C17H18BrNO/c1-17(2)10-13-8-12(6-7-16(13)20-17)11-19-15-5-3-4-14(18)9-15/h3-9,19H,10-11H2,1-2H3. The van der Waals surface area contributed by atoms with Crippen LogP contribution in [-0.4, -0.2) is 5.60 Å². The summed E-state index contributed by atoms with van der Waals surface area (Å²) in [6.45, 7) is 5.09. The van der Waals surface area contributed by atoms with Gasteiger partial charge in [0.15, 0.2) is 0 Å². The Morgan fingerprint density at radius 2 is 2.05 bits per heavy atom. The predicted molar refractivity (Wildman–Crippen MR) is 86.3 cm³/mol. The molecule has 2 aromatic rings. The van der Waals surface area contributed by atoms with Crippen LogP contribution < -0.4 is 10.1 Å². The zero-order valence-corrected chi connectivity index (χ0v) is 13.3. The third-order valence-corrected chi connectivity index (χ3v) is 3.94. The Balaban J connectivity index is 1.71. The summed E-state index contributed by atoms with van der Waals surface area (Å²) in [5.74, 6) is 1.03. The molecule has 0 fully saturated rings. The fourth-order valence-electron chi connectivity index (χ4n) is 2.58. The number of nitrogens with one attached hydrogen (secondary N) is 1. The van der Waals surface area contributed by atoms with Gasteiger partial charge in [-0.1, -0.05) is 34.1 Å². The summed E-state index contributed by atoms with van der Waals surface area (Å²) in [6.07, 6.45) is 0.979. The summed E-state index contributed by atoms with van der Waals surface area (Å²) in [4.78, 5) is 0. The molecule has 2 nitrogen and oxygen atoms in total. The van der Waals surface area contributed by atoms with Gasteiger partial charge in [-0.15, -0.1) is 0 Å². The highest BCUT2D eigenvalue weighted by atomic mass is 79.9. The van der Waals surface area contributed by atoms with Crippen LogP contribution in [0.4, 0.5) is 5.69 Å². The van der Waals surface area contributed by atoms with Crippen molar-refractivity contribution in [2.75, 3.05) is 5.32 Å². The van der Waals surface area contributed by atoms with Crippen molar-refractivity contribution in [1.82, 2.24) is 0 Å². The van der Waals surface area contributed by atoms with Crippen LogP contribution in [0.5, 0.6) is 5.75 Å². The van der Waals surface area contributed by atoms with Gasteiger partial charge in [-0.05, 0) is 49.2 Å². The van der Waals surface area contributed by atoms with Crippen LogP contribution >= 0.6 is 15.9 Å². The van der Waals surface area contributed by atoms with Gasteiger partial charge in [-0.3, -0.25) is 0 Å². The molecule has 1 aliphatic heterocycles. The van der Waals surface area contributed by atoms with Crippen LogP contribution in [0.2, 0.25) is 0 Å². The molecule has 1 N–H and O–H groups in total. The fraction of sp³-hybridized carbons (Fsp3) is 0.294. The third kappa shape index (κ3) is 2.98. The van der Waals surface area contributed by atoms with E-state index >= 15 is 0 Å². The van der Waals surface area contributed by atoms with Crippen molar-refractivity contribution in [3.8, 4) is 5.75 Å². The monoisotopic (exact) mass is 331 g/mol. The van der Waals surface area contributed by atoms with E-state index in [2.05, 4.69) is 65.4 Å². The van der Waals surface area contributed by atoms with E-state index in [0.717, 1.165) is 28.9 Å². The van der Waals surface area contributed by atoms with Crippen molar-refractivity contribution < 1.29 is 4.74 Å². The summed E-state index contributed by atoms with van der Waals surface area (Å²) in [7, 11) is 0. The van der Waals surface area contributed by atoms with E-state index in [0.29, 0.717) is 0 Å². The molecule has 0 atom stereocenters. The highest BCUT2D eigenvalue weighted by Crippen LogP contribution is 2.35. The van der Waals surface area contributed by atoms with Crippen molar-refractivity contribution in [3.05, 3.63) is 58.1 Å². The van der Waals surface area contributed by atoms with Crippen molar-refractivity contribution in [2.24, 2.45) is 0 Å². The Morgan fingerprint density at radius 3 is 2.85 bits per heavy atom. The number of ether oxygens (including phenoxy) is 1. The third-order valence-electron chi connectivity index (χ3n) is 3.45. The zero-order valence-electron chi connectivity index (χ0n) is 11.7. The lowest BCUT2D eigenvalue weighted by Crippen LogP contribution is -2.24. The maximum Gasteiger partial charge on any atom is 0.123 e. The van der Waals surface area contributed by atoms with E-state index in [9.17, 15) is 0 Å². The summed E-state index contributed by atoms with van der Waals surface area (Å²) >= 11 is 3.48. The van der Waals surface area contributed by atoms with E-state index in [1.165, 1.54) is 11.1 Å². The first-order valence-corrected chi connectivity index (χ1v) is 7.61.